The Morgan fingerprint density at radius 2 is 1.85 bits per heavy atom. The second kappa shape index (κ2) is 7.40. The fourth-order valence-electron chi connectivity index (χ4n) is 1.75. The molecule has 0 spiro atoms. The van der Waals surface area contributed by atoms with Crippen LogP contribution in [0.1, 0.15) is 38.3 Å². The van der Waals surface area contributed by atoms with E-state index < -0.39 is 22.0 Å². The van der Waals surface area contributed by atoms with Crippen LogP contribution in [0.2, 0.25) is 0 Å². The van der Waals surface area contributed by atoms with Gasteiger partial charge in [-0.05, 0) is 17.9 Å². The standard InChI is InChI=1S/C14H21NO4S/c1-11(2)8-9-20(18,19)15-13(10-14(16)17)12-6-4-3-5-7-12/h3-7,11,13,15H,8-10H2,1-2H3,(H,16,17). The molecule has 0 heterocycles. The van der Waals surface area contributed by atoms with Gasteiger partial charge in [0, 0.05) is 0 Å². The summed E-state index contributed by atoms with van der Waals surface area (Å²) in [6, 6.07) is 8.02. The zero-order valence-electron chi connectivity index (χ0n) is 11.7. The van der Waals surface area contributed by atoms with Crippen molar-refractivity contribution in [2.24, 2.45) is 5.92 Å². The minimum Gasteiger partial charge on any atom is -0.481 e. The SMILES string of the molecule is CC(C)CCS(=O)(=O)NC(CC(=O)O)c1ccccc1. The number of hydrogen-bond acceptors (Lipinski definition) is 3. The highest BCUT2D eigenvalue weighted by molar-refractivity contribution is 7.89. The smallest absolute Gasteiger partial charge is 0.305 e. The Kier molecular flexibility index (Phi) is 6.16. The van der Waals surface area contributed by atoms with Crippen molar-refractivity contribution >= 4 is 16.0 Å². The van der Waals surface area contributed by atoms with Gasteiger partial charge < -0.3 is 5.11 Å². The molecule has 0 bridgehead atoms. The first kappa shape index (κ1) is 16.7. The van der Waals surface area contributed by atoms with Crippen LogP contribution in [0.25, 0.3) is 0 Å². The number of rotatable bonds is 8. The van der Waals surface area contributed by atoms with Crippen LogP contribution in [-0.4, -0.2) is 25.2 Å². The molecule has 0 radical (unpaired) electrons. The Morgan fingerprint density at radius 3 is 2.35 bits per heavy atom. The van der Waals surface area contributed by atoms with Crippen LogP contribution >= 0.6 is 0 Å². The number of carbonyl (C=O) groups is 1. The first-order valence-corrected chi connectivity index (χ1v) is 8.22. The molecule has 112 valence electrons. The van der Waals surface area contributed by atoms with Gasteiger partial charge in [-0.3, -0.25) is 4.79 Å². The molecule has 0 saturated heterocycles. The molecule has 0 amide bonds. The predicted octanol–water partition coefficient (Wildman–Crippen LogP) is 2.17. The number of nitrogens with one attached hydrogen (secondary N) is 1. The number of aliphatic carboxylic acids is 1. The molecule has 2 N–H and O–H groups in total. The lowest BCUT2D eigenvalue weighted by Crippen LogP contribution is -2.32. The lowest BCUT2D eigenvalue weighted by molar-refractivity contribution is -0.137. The van der Waals surface area contributed by atoms with Gasteiger partial charge in [0.05, 0.1) is 18.2 Å². The van der Waals surface area contributed by atoms with Gasteiger partial charge in [-0.2, -0.15) is 0 Å². The predicted molar refractivity (Wildman–Crippen MR) is 77.8 cm³/mol. The van der Waals surface area contributed by atoms with Gasteiger partial charge in [-0.1, -0.05) is 44.2 Å². The van der Waals surface area contributed by atoms with Gasteiger partial charge in [0.25, 0.3) is 0 Å². The van der Waals surface area contributed by atoms with Crippen molar-refractivity contribution in [2.75, 3.05) is 5.75 Å². The zero-order chi connectivity index (χ0) is 15.2. The zero-order valence-corrected chi connectivity index (χ0v) is 12.6. The third-order valence-electron chi connectivity index (χ3n) is 2.87. The number of benzene rings is 1. The van der Waals surface area contributed by atoms with Crippen LogP contribution in [0.5, 0.6) is 0 Å². The van der Waals surface area contributed by atoms with Crippen molar-refractivity contribution in [1.29, 1.82) is 0 Å². The number of sulfonamides is 1. The maximum atomic E-state index is 12.0. The Bertz CT molecular complexity index is 525. The summed E-state index contributed by atoms with van der Waals surface area (Å²) in [6.45, 7) is 3.89. The topological polar surface area (TPSA) is 83.5 Å². The Labute approximate surface area is 120 Å². The maximum absolute atomic E-state index is 12.0. The summed E-state index contributed by atoms with van der Waals surface area (Å²) in [5, 5.41) is 8.93. The van der Waals surface area contributed by atoms with E-state index in [0.717, 1.165) is 0 Å². The van der Waals surface area contributed by atoms with Crippen molar-refractivity contribution in [1.82, 2.24) is 4.72 Å². The molecule has 0 aromatic heterocycles. The molecular formula is C14H21NO4S. The molecule has 6 heteroatoms. The lowest BCUT2D eigenvalue weighted by atomic mass is 10.1. The molecule has 0 saturated carbocycles. The fraction of sp³-hybridized carbons (Fsp3) is 0.500. The molecule has 1 rings (SSSR count). The molecule has 1 aromatic rings. The van der Waals surface area contributed by atoms with Gasteiger partial charge in [-0.15, -0.1) is 0 Å². The van der Waals surface area contributed by atoms with Crippen LogP contribution in [0.15, 0.2) is 30.3 Å². The van der Waals surface area contributed by atoms with E-state index in [1.165, 1.54) is 0 Å². The van der Waals surface area contributed by atoms with E-state index in [1.54, 1.807) is 30.3 Å². The average Bonchev–Trinajstić information content (AvgIpc) is 2.36. The Balaban J connectivity index is 2.82. The average molecular weight is 299 g/mol. The highest BCUT2D eigenvalue weighted by Crippen LogP contribution is 2.18. The third-order valence-corrected chi connectivity index (χ3v) is 4.28. The fourth-order valence-corrected chi connectivity index (χ4v) is 3.31. The lowest BCUT2D eigenvalue weighted by Gasteiger charge is -2.18. The molecule has 20 heavy (non-hydrogen) atoms. The number of carboxylic acids is 1. The summed E-state index contributed by atoms with van der Waals surface area (Å²) in [4.78, 5) is 10.9. The second-order valence-corrected chi connectivity index (χ2v) is 7.05. The van der Waals surface area contributed by atoms with Crippen molar-refractivity contribution < 1.29 is 18.3 Å². The van der Waals surface area contributed by atoms with Gasteiger partial charge >= 0.3 is 5.97 Å². The van der Waals surface area contributed by atoms with Crippen molar-refractivity contribution in [2.45, 2.75) is 32.7 Å². The Morgan fingerprint density at radius 1 is 1.25 bits per heavy atom. The van der Waals surface area contributed by atoms with Crippen molar-refractivity contribution in [3.05, 3.63) is 35.9 Å². The Hall–Kier alpha value is -1.40. The highest BCUT2D eigenvalue weighted by atomic mass is 32.2. The first-order valence-electron chi connectivity index (χ1n) is 6.57. The van der Waals surface area contributed by atoms with Gasteiger partial charge in [-0.25, -0.2) is 13.1 Å². The van der Waals surface area contributed by atoms with Gasteiger partial charge in [0.1, 0.15) is 0 Å². The van der Waals surface area contributed by atoms with E-state index in [0.29, 0.717) is 12.0 Å². The van der Waals surface area contributed by atoms with Crippen LogP contribution in [0, 0.1) is 5.92 Å². The summed E-state index contributed by atoms with van der Waals surface area (Å²) < 4.78 is 26.5. The molecule has 5 nitrogen and oxygen atoms in total. The normalized spacial score (nSPS) is 13.3. The van der Waals surface area contributed by atoms with Crippen LogP contribution in [0.4, 0.5) is 0 Å². The van der Waals surface area contributed by atoms with Crippen LogP contribution < -0.4 is 4.72 Å². The van der Waals surface area contributed by atoms with E-state index in [-0.39, 0.29) is 18.1 Å². The monoisotopic (exact) mass is 299 g/mol. The summed E-state index contributed by atoms with van der Waals surface area (Å²) in [6.07, 6.45) is 0.273. The first-order chi connectivity index (χ1) is 9.30. The quantitative estimate of drug-likeness (QED) is 0.770. The van der Waals surface area contributed by atoms with Crippen molar-refractivity contribution in [3.8, 4) is 0 Å². The number of carboxylic acid groups (broad SMARTS) is 1. The molecule has 0 fully saturated rings. The molecule has 1 unspecified atom stereocenters. The van der Waals surface area contributed by atoms with E-state index in [1.807, 2.05) is 13.8 Å². The maximum Gasteiger partial charge on any atom is 0.305 e. The van der Waals surface area contributed by atoms with Crippen LogP contribution in [0.3, 0.4) is 0 Å². The molecule has 1 atom stereocenters. The summed E-state index contributed by atoms with van der Waals surface area (Å²) in [7, 11) is -3.48. The molecule has 1 aromatic carbocycles. The minimum absolute atomic E-state index is 0.00756. The minimum atomic E-state index is -3.48. The van der Waals surface area contributed by atoms with E-state index in [4.69, 9.17) is 5.11 Å². The summed E-state index contributed by atoms with van der Waals surface area (Å²) >= 11 is 0. The summed E-state index contributed by atoms with van der Waals surface area (Å²) in [5.74, 6) is -0.750. The summed E-state index contributed by atoms with van der Waals surface area (Å²) in [5.41, 5.74) is 0.656. The van der Waals surface area contributed by atoms with Crippen molar-refractivity contribution in [3.63, 3.8) is 0 Å². The van der Waals surface area contributed by atoms with E-state index in [2.05, 4.69) is 4.72 Å². The molecule has 0 aliphatic heterocycles. The molecular weight excluding hydrogens is 278 g/mol. The third kappa shape index (κ3) is 6.16. The molecule has 0 aliphatic carbocycles. The van der Waals surface area contributed by atoms with E-state index >= 15 is 0 Å². The van der Waals surface area contributed by atoms with Gasteiger partial charge in [0.15, 0.2) is 0 Å². The highest BCUT2D eigenvalue weighted by Gasteiger charge is 2.22. The number of hydrogen-bond donors (Lipinski definition) is 2. The molecule has 0 aliphatic rings. The van der Waals surface area contributed by atoms with E-state index in [9.17, 15) is 13.2 Å². The largest absolute Gasteiger partial charge is 0.481 e. The van der Waals surface area contributed by atoms with Gasteiger partial charge in [0.2, 0.25) is 10.0 Å². The second-order valence-electron chi connectivity index (χ2n) is 5.18. The van der Waals surface area contributed by atoms with Crippen LogP contribution in [-0.2, 0) is 14.8 Å².